The van der Waals surface area contributed by atoms with Gasteiger partial charge in [0, 0.05) is 42.8 Å². The van der Waals surface area contributed by atoms with Crippen LogP contribution in [0.25, 0.3) is 5.57 Å². The number of rotatable bonds is 3. The first-order valence-corrected chi connectivity index (χ1v) is 8.83. The number of nitrogens with zero attached hydrogens (tertiary/aromatic N) is 1. The Balaban J connectivity index is 1.82. The molecule has 122 valence electrons. The number of anilines is 1. The number of hydrogen-bond acceptors (Lipinski definition) is 5. The molecule has 0 aliphatic carbocycles. The molecule has 2 aliphatic rings. The van der Waals surface area contributed by atoms with Crippen LogP contribution >= 0.6 is 11.8 Å². The van der Waals surface area contributed by atoms with Gasteiger partial charge in [0.2, 0.25) is 5.91 Å². The highest BCUT2D eigenvalue weighted by atomic mass is 32.2. The summed E-state index contributed by atoms with van der Waals surface area (Å²) >= 11 is 1.98. The molecular weight excluding hydrogens is 312 g/mol. The summed E-state index contributed by atoms with van der Waals surface area (Å²) in [7, 11) is 0. The molecule has 23 heavy (non-hydrogen) atoms. The van der Waals surface area contributed by atoms with Crippen LogP contribution < -0.4 is 10.2 Å². The molecule has 0 aromatic heterocycles. The van der Waals surface area contributed by atoms with Crippen LogP contribution in [-0.2, 0) is 14.3 Å². The molecule has 0 bridgehead atoms. The SMILES string of the molecule is CC(=O)N[C@@H]1OC(=O)C(c2ccc(N3CCSCC3)cc2)=C1C. The lowest BCUT2D eigenvalue weighted by Crippen LogP contribution is -2.34. The predicted molar refractivity (Wildman–Crippen MR) is 92.3 cm³/mol. The Morgan fingerprint density at radius 3 is 2.52 bits per heavy atom. The standard InChI is InChI=1S/C17H20N2O3S/c1-11-15(17(21)22-16(11)18-12(2)20)13-3-5-14(6-4-13)19-7-9-23-10-8-19/h3-6,16H,7-10H2,1-2H3,(H,18,20)/t16-/m1/s1. The molecule has 6 heteroatoms. The summed E-state index contributed by atoms with van der Waals surface area (Å²) in [6.07, 6.45) is -0.659. The maximum Gasteiger partial charge on any atom is 0.341 e. The van der Waals surface area contributed by atoms with Gasteiger partial charge in [-0.15, -0.1) is 0 Å². The smallest absolute Gasteiger partial charge is 0.341 e. The number of carbonyl (C=O) groups excluding carboxylic acids is 2. The average Bonchev–Trinajstić information content (AvgIpc) is 2.82. The van der Waals surface area contributed by atoms with Gasteiger partial charge in [0.1, 0.15) is 0 Å². The van der Waals surface area contributed by atoms with Gasteiger partial charge in [0.15, 0.2) is 6.23 Å². The van der Waals surface area contributed by atoms with Crippen molar-refractivity contribution >= 4 is 34.9 Å². The Morgan fingerprint density at radius 1 is 1.26 bits per heavy atom. The number of esters is 1. The lowest BCUT2D eigenvalue weighted by atomic mass is 10.0. The van der Waals surface area contributed by atoms with Crippen molar-refractivity contribution in [3.63, 3.8) is 0 Å². The molecule has 1 atom stereocenters. The van der Waals surface area contributed by atoms with Gasteiger partial charge in [-0.25, -0.2) is 4.79 Å². The molecule has 0 radical (unpaired) electrons. The number of carbonyl (C=O) groups is 2. The van der Waals surface area contributed by atoms with E-state index in [2.05, 4.69) is 10.2 Å². The lowest BCUT2D eigenvalue weighted by molar-refractivity contribution is -0.140. The lowest BCUT2D eigenvalue weighted by Gasteiger charge is -2.28. The van der Waals surface area contributed by atoms with E-state index < -0.39 is 6.23 Å². The highest BCUT2D eigenvalue weighted by Crippen LogP contribution is 2.31. The molecule has 0 spiro atoms. The maximum atomic E-state index is 12.1. The van der Waals surface area contributed by atoms with E-state index >= 15 is 0 Å². The molecular formula is C17H20N2O3S. The number of cyclic esters (lactones) is 1. The first kappa shape index (κ1) is 15.9. The molecule has 0 saturated carbocycles. The molecule has 1 amide bonds. The Hall–Kier alpha value is -1.95. The molecule has 1 fully saturated rings. The third-order valence-corrected chi connectivity index (χ3v) is 5.03. The van der Waals surface area contributed by atoms with E-state index in [9.17, 15) is 9.59 Å². The minimum absolute atomic E-state index is 0.221. The normalized spacial score (nSPS) is 21.4. The summed E-state index contributed by atoms with van der Waals surface area (Å²) in [6, 6.07) is 8.00. The summed E-state index contributed by atoms with van der Waals surface area (Å²) in [5.41, 5.74) is 3.30. The number of amides is 1. The number of nitrogens with one attached hydrogen (secondary N) is 1. The molecule has 0 unspecified atom stereocenters. The zero-order valence-corrected chi connectivity index (χ0v) is 14.1. The van der Waals surface area contributed by atoms with Crippen LogP contribution in [0.3, 0.4) is 0 Å². The van der Waals surface area contributed by atoms with E-state index in [1.54, 1.807) is 0 Å². The van der Waals surface area contributed by atoms with Gasteiger partial charge < -0.3 is 15.0 Å². The molecule has 5 nitrogen and oxygen atoms in total. The molecule has 1 saturated heterocycles. The van der Waals surface area contributed by atoms with E-state index in [-0.39, 0.29) is 11.9 Å². The highest BCUT2D eigenvalue weighted by Gasteiger charge is 2.32. The van der Waals surface area contributed by atoms with Crippen LogP contribution in [0.2, 0.25) is 0 Å². The van der Waals surface area contributed by atoms with E-state index in [0.717, 1.165) is 35.7 Å². The second-order valence-corrected chi connectivity index (χ2v) is 6.91. The van der Waals surface area contributed by atoms with Crippen molar-refractivity contribution in [1.82, 2.24) is 5.32 Å². The molecule has 1 N–H and O–H groups in total. The topological polar surface area (TPSA) is 58.6 Å². The van der Waals surface area contributed by atoms with Crippen molar-refractivity contribution in [1.29, 1.82) is 0 Å². The fourth-order valence-electron chi connectivity index (χ4n) is 2.87. The third kappa shape index (κ3) is 3.37. The zero-order chi connectivity index (χ0) is 16.4. The number of benzene rings is 1. The second-order valence-electron chi connectivity index (χ2n) is 5.69. The van der Waals surface area contributed by atoms with Gasteiger partial charge in [-0.3, -0.25) is 4.79 Å². The summed E-state index contributed by atoms with van der Waals surface area (Å²) in [6.45, 7) is 5.33. The fraction of sp³-hybridized carbons (Fsp3) is 0.412. The van der Waals surface area contributed by atoms with E-state index in [4.69, 9.17) is 4.74 Å². The molecule has 2 aliphatic heterocycles. The predicted octanol–water partition coefficient (Wildman–Crippen LogP) is 2.03. The summed E-state index contributed by atoms with van der Waals surface area (Å²) in [5, 5.41) is 2.63. The summed E-state index contributed by atoms with van der Waals surface area (Å²) in [5.74, 6) is 1.69. The van der Waals surface area contributed by atoms with E-state index in [1.807, 2.05) is 43.0 Å². The van der Waals surface area contributed by atoms with E-state index in [1.165, 1.54) is 12.6 Å². The maximum absolute atomic E-state index is 12.1. The molecule has 1 aromatic rings. The summed E-state index contributed by atoms with van der Waals surface area (Å²) in [4.78, 5) is 25.7. The Kier molecular flexibility index (Phi) is 4.61. The van der Waals surface area contributed by atoms with Crippen molar-refractivity contribution in [3.05, 3.63) is 35.4 Å². The van der Waals surface area contributed by atoms with Crippen LogP contribution in [-0.4, -0.2) is 42.7 Å². The van der Waals surface area contributed by atoms with Crippen LogP contribution in [0.5, 0.6) is 0 Å². The number of ether oxygens (including phenoxy) is 1. The van der Waals surface area contributed by atoms with Crippen LogP contribution in [0.15, 0.2) is 29.8 Å². The third-order valence-electron chi connectivity index (χ3n) is 4.08. The quantitative estimate of drug-likeness (QED) is 0.859. The average molecular weight is 332 g/mol. The molecule has 3 rings (SSSR count). The first-order chi connectivity index (χ1) is 11.1. The molecule has 2 heterocycles. The van der Waals surface area contributed by atoms with Gasteiger partial charge in [-0.05, 0) is 24.6 Å². The minimum atomic E-state index is -0.659. The number of thioether (sulfide) groups is 1. The zero-order valence-electron chi connectivity index (χ0n) is 13.3. The Labute approximate surface area is 140 Å². The van der Waals surface area contributed by atoms with Crippen molar-refractivity contribution < 1.29 is 14.3 Å². The van der Waals surface area contributed by atoms with Gasteiger partial charge >= 0.3 is 5.97 Å². The van der Waals surface area contributed by atoms with Gasteiger partial charge in [-0.1, -0.05) is 12.1 Å². The van der Waals surface area contributed by atoms with Crippen LogP contribution in [0.4, 0.5) is 5.69 Å². The number of hydrogen-bond donors (Lipinski definition) is 1. The van der Waals surface area contributed by atoms with Crippen molar-refractivity contribution in [2.75, 3.05) is 29.5 Å². The minimum Gasteiger partial charge on any atom is -0.434 e. The van der Waals surface area contributed by atoms with Crippen LogP contribution in [0.1, 0.15) is 19.4 Å². The van der Waals surface area contributed by atoms with Crippen molar-refractivity contribution in [2.24, 2.45) is 0 Å². The summed E-state index contributed by atoms with van der Waals surface area (Å²) < 4.78 is 5.24. The van der Waals surface area contributed by atoms with E-state index in [0.29, 0.717) is 5.57 Å². The first-order valence-electron chi connectivity index (χ1n) is 7.68. The Morgan fingerprint density at radius 2 is 1.91 bits per heavy atom. The monoisotopic (exact) mass is 332 g/mol. The molecule has 1 aromatic carbocycles. The Bertz CT molecular complexity index is 648. The van der Waals surface area contributed by atoms with Gasteiger partial charge in [0.05, 0.1) is 5.57 Å². The fourth-order valence-corrected chi connectivity index (χ4v) is 3.78. The van der Waals surface area contributed by atoms with Gasteiger partial charge in [-0.2, -0.15) is 11.8 Å². The van der Waals surface area contributed by atoms with Crippen LogP contribution in [0, 0.1) is 0 Å². The largest absolute Gasteiger partial charge is 0.434 e. The van der Waals surface area contributed by atoms with Gasteiger partial charge in [0.25, 0.3) is 0 Å². The van der Waals surface area contributed by atoms with Crippen molar-refractivity contribution in [3.8, 4) is 0 Å². The second kappa shape index (κ2) is 6.66. The van der Waals surface area contributed by atoms with Crippen molar-refractivity contribution in [2.45, 2.75) is 20.1 Å². The highest BCUT2D eigenvalue weighted by molar-refractivity contribution is 7.99.